The van der Waals surface area contributed by atoms with Gasteiger partial charge >= 0.3 is 0 Å². The van der Waals surface area contributed by atoms with Crippen molar-refractivity contribution in [3.05, 3.63) is 82.9 Å². The Morgan fingerprint density at radius 3 is 2.29 bits per heavy atom. The molecule has 3 aromatic carbocycles. The maximum absolute atomic E-state index is 12.9. The Bertz CT molecular complexity index is 1100. The average Bonchev–Trinajstić information content (AvgIpc) is 2.69. The van der Waals surface area contributed by atoms with E-state index in [1.54, 1.807) is 42.5 Å². The van der Waals surface area contributed by atoms with E-state index in [0.717, 1.165) is 6.07 Å². The number of sulfonamides is 1. The number of para-hydroxylation sites is 3. The second-order valence-corrected chi connectivity index (χ2v) is 7.26. The summed E-state index contributed by atoms with van der Waals surface area (Å²) in [5.41, 5.74) is -0.185. The molecule has 0 atom stereocenters. The van der Waals surface area contributed by atoms with Crippen LogP contribution in [0.2, 0.25) is 0 Å². The zero-order chi connectivity index (χ0) is 20.1. The van der Waals surface area contributed by atoms with Crippen LogP contribution in [0, 0.1) is 10.1 Å². The van der Waals surface area contributed by atoms with Gasteiger partial charge in [0.2, 0.25) is 0 Å². The summed E-state index contributed by atoms with van der Waals surface area (Å²) in [6.07, 6.45) is 0. The van der Waals surface area contributed by atoms with Crippen LogP contribution in [0.15, 0.2) is 77.7 Å². The number of rotatable bonds is 7. The summed E-state index contributed by atoms with van der Waals surface area (Å²) in [5.74, 6) is 0.795. The highest BCUT2D eigenvalue weighted by molar-refractivity contribution is 7.92. The summed E-state index contributed by atoms with van der Waals surface area (Å²) >= 11 is 0. The second kappa shape index (κ2) is 7.97. The highest BCUT2D eigenvalue weighted by Crippen LogP contribution is 2.34. The van der Waals surface area contributed by atoms with Crippen molar-refractivity contribution in [1.29, 1.82) is 0 Å². The Morgan fingerprint density at radius 2 is 1.61 bits per heavy atom. The Hall–Kier alpha value is -3.59. The van der Waals surface area contributed by atoms with Crippen LogP contribution in [0.4, 0.5) is 11.4 Å². The minimum atomic E-state index is -4.19. The van der Waals surface area contributed by atoms with Gasteiger partial charge in [-0.2, -0.15) is 0 Å². The minimum absolute atomic E-state index is 0.0143. The van der Waals surface area contributed by atoms with Crippen molar-refractivity contribution in [2.75, 3.05) is 11.8 Å². The van der Waals surface area contributed by atoms with Gasteiger partial charge in [0.1, 0.15) is 16.4 Å². The molecule has 0 saturated heterocycles. The Morgan fingerprint density at radius 1 is 0.929 bits per heavy atom. The maximum atomic E-state index is 12.9. The predicted molar refractivity (Wildman–Crippen MR) is 103 cm³/mol. The topological polar surface area (TPSA) is 108 Å². The molecule has 0 aliphatic rings. The molecule has 0 unspecified atom stereocenters. The van der Waals surface area contributed by atoms with Crippen LogP contribution < -0.4 is 14.2 Å². The monoisotopic (exact) mass is 400 g/mol. The number of benzene rings is 3. The minimum Gasteiger partial charge on any atom is -0.495 e. The maximum Gasteiger partial charge on any atom is 0.271 e. The summed E-state index contributed by atoms with van der Waals surface area (Å²) in [6.45, 7) is 0. The van der Waals surface area contributed by atoms with E-state index in [1.807, 2.05) is 6.07 Å². The van der Waals surface area contributed by atoms with Crippen LogP contribution in [-0.4, -0.2) is 20.5 Å². The molecule has 1 N–H and O–H groups in total. The molecule has 9 heteroatoms. The Balaban J connectivity index is 1.98. The van der Waals surface area contributed by atoms with Crippen molar-refractivity contribution in [3.63, 3.8) is 0 Å². The first-order valence-corrected chi connectivity index (χ1v) is 9.56. The van der Waals surface area contributed by atoms with E-state index in [-0.39, 0.29) is 27.8 Å². The number of nitro benzene ring substituents is 1. The van der Waals surface area contributed by atoms with Crippen LogP contribution in [0.25, 0.3) is 0 Å². The second-order valence-electron chi connectivity index (χ2n) is 5.61. The molecule has 0 saturated carbocycles. The molecule has 3 rings (SSSR count). The van der Waals surface area contributed by atoms with Crippen LogP contribution in [-0.2, 0) is 10.0 Å². The fourth-order valence-electron chi connectivity index (χ4n) is 2.44. The van der Waals surface area contributed by atoms with Crippen molar-refractivity contribution in [1.82, 2.24) is 0 Å². The number of hydrogen-bond donors (Lipinski definition) is 1. The predicted octanol–water partition coefficient (Wildman–Crippen LogP) is 4.20. The zero-order valence-electron chi connectivity index (χ0n) is 14.7. The fourth-order valence-corrected chi connectivity index (χ4v) is 3.70. The number of hydrogen-bond acceptors (Lipinski definition) is 6. The van der Waals surface area contributed by atoms with E-state index >= 15 is 0 Å². The van der Waals surface area contributed by atoms with E-state index in [1.165, 1.54) is 25.3 Å². The smallest absolute Gasteiger partial charge is 0.271 e. The highest BCUT2D eigenvalue weighted by Gasteiger charge is 2.24. The number of nitro groups is 1. The molecule has 0 bridgehead atoms. The molecule has 0 aromatic heterocycles. The molecular formula is C19H16N2O6S. The van der Waals surface area contributed by atoms with Crippen LogP contribution in [0.1, 0.15) is 0 Å². The number of anilines is 1. The molecule has 0 radical (unpaired) electrons. The number of methoxy groups -OCH3 is 1. The summed E-state index contributed by atoms with van der Waals surface area (Å²) < 4.78 is 39.0. The first kappa shape index (κ1) is 19.2. The third-order valence-electron chi connectivity index (χ3n) is 3.75. The van der Waals surface area contributed by atoms with Crippen LogP contribution in [0.5, 0.6) is 17.2 Å². The molecule has 0 heterocycles. The van der Waals surface area contributed by atoms with Gasteiger partial charge < -0.3 is 9.47 Å². The molecule has 8 nitrogen and oxygen atoms in total. The van der Waals surface area contributed by atoms with E-state index in [4.69, 9.17) is 9.47 Å². The molecule has 0 aliphatic carbocycles. The molecule has 28 heavy (non-hydrogen) atoms. The summed E-state index contributed by atoms with van der Waals surface area (Å²) in [5, 5.41) is 11.0. The van der Waals surface area contributed by atoms with Crippen molar-refractivity contribution < 1.29 is 22.8 Å². The molecule has 0 fully saturated rings. The standard InChI is InChI=1S/C19H16N2O6S/c1-26-18-12-11-14(21(22)23)13-19(18)28(24,25)20-16-9-5-6-10-17(16)27-15-7-3-2-4-8-15/h2-13,20H,1H3. The third kappa shape index (κ3) is 4.21. The van der Waals surface area contributed by atoms with Crippen molar-refractivity contribution in [2.45, 2.75) is 4.90 Å². The summed E-state index contributed by atoms with van der Waals surface area (Å²) in [7, 11) is -2.90. The lowest BCUT2D eigenvalue weighted by atomic mass is 10.3. The third-order valence-corrected chi connectivity index (χ3v) is 5.14. The lowest BCUT2D eigenvalue weighted by Gasteiger charge is -2.14. The molecule has 0 spiro atoms. The van der Waals surface area contributed by atoms with E-state index in [9.17, 15) is 18.5 Å². The molecule has 3 aromatic rings. The molecule has 0 amide bonds. The quantitative estimate of drug-likeness (QED) is 0.470. The summed E-state index contributed by atoms with van der Waals surface area (Å²) in [6, 6.07) is 18.7. The number of nitrogens with one attached hydrogen (secondary N) is 1. The zero-order valence-corrected chi connectivity index (χ0v) is 15.5. The van der Waals surface area contributed by atoms with E-state index < -0.39 is 14.9 Å². The van der Waals surface area contributed by atoms with Crippen molar-refractivity contribution in [3.8, 4) is 17.2 Å². The molecular weight excluding hydrogens is 384 g/mol. The lowest BCUT2D eigenvalue weighted by Crippen LogP contribution is -2.15. The van der Waals surface area contributed by atoms with Gasteiger partial charge in [-0.1, -0.05) is 30.3 Å². The van der Waals surface area contributed by atoms with Crippen LogP contribution >= 0.6 is 0 Å². The van der Waals surface area contributed by atoms with Gasteiger partial charge in [0.25, 0.3) is 15.7 Å². The van der Waals surface area contributed by atoms with Crippen molar-refractivity contribution >= 4 is 21.4 Å². The van der Waals surface area contributed by atoms with E-state index in [2.05, 4.69) is 4.72 Å². The van der Waals surface area contributed by atoms with Crippen molar-refractivity contribution in [2.24, 2.45) is 0 Å². The number of nitrogens with zero attached hydrogens (tertiary/aromatic N) is 1. The van der Waals surface area contributed by atoms with Gasteiger partial charge in [-0.25, -0.2) is 8.42 Å². The number of ether oxygens (including phenoxy) is 2. The SMILES string of the molecule is COc1ccc([N+](=O)[O-])cc1S(=O)(=O)Nc1ccccc1Oc1ccccc1. The van der Waals surface area contributed by atoms with Crippen LogP contribution in [0.3, 0.4) is 0 Å². The Kier molecular flexibility index (Phi) is 5.46. The van der Waals surface area contributed by atoms with Gasteiger partial charge in [0.05, 0.1) is 17.7 Å². The average molecular weight is 400 g/mol. The number of non-ortho nitro benzene ring substituents is 1. The normalized spacial score (nSPS) is 10.9. The van der Waals surface area contributed by atoms with Gasteiger partial charge in [-0.3, -0.25) is 14.8 Å². The largest absolute Gasteiger partial charge is 0.495 e. The lowest BCUT2D eigenvalue weighted by molar-refractivity contribution is -0.385. The summed E-state index contributed by atoms with van der Waals surface area (Å²) in [4.78, 5) is 10.0. The van der Waals surface area contributed by atoms with Gasteiger partial charge in [-0.15, -0.1) is 0 Å². The molecule has 0 aliphatic heterocycles. The van der Waals surface area contributed by atoms with Gasteiger partial charge in [-0.05, 0) is 30.3 Å². The first-order chi connectivity index (χ1) is 13.4. The highest BCUT2D eigenvalue weighted by atomic mass is 32.2. The Labute approximate surface area is 161 Å². The van der Waals surface area contributed by atoms with Gasteiger partial charge in [0.15, 0.2) is 5.75 Å². The van der Waals surface area contributed by atoms with Gasteiger partial charge in [0, 0.05) is 12.1 Å². The first-order valence-electron chi connectivity index (χ1n) is 8.08. The fraction of sp³-hybridized carbons (Fsp3) is 0.0526. The van der Waals surface area contributed by atoms with E-state index in [0.29, 0.717) is 5.75 Å². The molecule has 144 valence electrons.